The van der Waals surface area contributed by atoms with E-state index in [-0.39, 0.29) is 23.3 Å². The van der Waals surface area contributed by atoms with Crippen LogP contribution in [0.2, 0.25) is 4.34 Å². The predicted octanol–water partition coefficient (Wildman–Crippen LogP) is 4.98. The van der Waals surface area contributed by atoms with Crippen LogP contribution < -0.4 is 5.56 Å². The van der Waals surface area contributed by atoms with E-state index in [1.807, 2.05) is 41.0 Å². The Morgan fingerprint density at radius 3 is 2.76 bits per heavy atom. The molecule has 0 bridgehead atoms. The smallest absolute Gasteiger partial charge is 0.262 e. The molecule has 0 atom stereocenters. The van der Waals surface area contributed by atoms with Crippen molar-refractivity contribution in [3.05, 3.63) is 56.0 Å². The summed E-state index contributed by atoms with van der Waals surface area (Å²) < 4.78 is 2.54. The number of hydrogen-bond acceptors (Lipinski definition) is 5. The van der Waals surface area contributed by atoms with E-state index < -0.39 is 0 Å². The molecule has 1 amide bonds. The van der Waals surface area contributed by atoms with Crippen molar-refractivity contribution in [1.29, 1.82) is 0 Å². The average molecular weight is 448 g/mol. The molecule has 1 aromatic carbocycles. The highest BCUT2D eigenvalue weighted by atomic mass is 35.5. The largest absolute Gasteiger partial charge is 0.340 e. The number of hydrogen-bond donors (Lipinski definition) is 0. The molecule has 0 aliphatic heterocycles. The van der Waals surface area contributed by atoms with Crippen molar-refractivity contribution in [2.24, 2.45) is 0 Å². The Balaban J connectivity index is 1.55. The number of halogens is 1. The Kier molecular flexibility index (Phi) is 6.27. The van der Waals surface area contributed by atoms with Crippen LogP contribution in [0.3, 0.4) is 0 Å². The van der Waals surface area contributed by atoms with Crippen LogP contribution in [0.25, 0.3) is 10.9 Å². The first-order chi connectivity index (χ1) is 14.0. The molecule has 3 aromatic rings. The lowest BCUT2D eigenvalue weighted by Gasteiger charge is -2.20. The van der Waals surface area contributed by atoms with Crippen molar-refractivity contribution in [2.75, 3.05) is 12.8 Å². The topological polar surface area (TPSA) is 55.2 Å². The minimum Gasteiger partial charge on any atom is -0.340 e. The molecule has 0 N–H and O–H groups in total. The van der Waals surface area contributed by atoms with E-state index in [4.69, 9.17) is 16.6 Å². The zero-order valence-electron chi connectivity index (χ0n) is 16.1. The number of thioether (sulfide) groups is 1. The Hall–Kier alpha value is -1.83. The number of aromatic nitrogens is 2. The second-order valence-corrected chi connectivity index (χ2v) is 10.0. The van der Waals surface area contributed by atoms with E-state index in [2.05, 4.69) is 0 Å². The number of amides is 1. The summed E-state index contributed by atoms with van der Waals surface area (Å²) in [5.74, 6) is 0.243. The molecular formula is C21H22ClN3O2S2. The Bertz CT molecular complexity index is 1090. The lowest BCUT2D eigenvalue weighted by atomic mass is 10.2. The average Bonchev–Trinajstić information content (AvgIpc) is 3.38. The van der Waals surface area contributed by atoms with Crippen molar-refractivity contribution in [2.45, 2.75) is 43.4 Å². The van der Waals surface area contributed by atoms with Gasteiger partial charge in [-0.3, -0.25) is 14.2 Å². The maximum absolute atomic E-state index is 13.2. The van der Waals surface area contributed by atoms with Gasteiger partial charge in [0.2, 0.25) is 5.91 Å². The zero-order chi connectivity index (χ0) is 20.4. The third-order valence-corrected chi connectivity index (χ3v) is 7.39. The molecule has 2 aromatic heterocycles. The van der Waals surface area contributed by atoms with Gasteiger partial charge in [-0.1, -0.05) is 48.3 Å². The Morgan fingerprint density at radius 1 is 1.28 bits per heavy atom. The Morgan fingerprint density at radius 2 is 2.03 bits per heavy atom. The summed E-state index contributed by atoms with van der Waals surface area (Å²) in [6.07, 6.45) is 4.22. The highest BCUT2D eigenvalue weighted by Crippen LogP contribution is 2.32. The molecule has 5 nitrogen and oxygen atoms in total. The summed E-state index contributed by atoms with van der Waals surface area (Å²) in [7, 11) is 1.79. The quantitative estimate of drug-likeness (QED) is 0.395. The van der Waals surface area contributed by atoms with E-state index in [0.717, 1.165) is 34.9 Å². The van der Waals surface area contributed by atoms with Crippen LogP contribution in [0.5, 0.6) is 0 Å². The van der Waals surface area contributed by atoms with Gasteiger partial charge in [-0.05, 0) is 37.1 Å². The number of para-hydroxylation sites is 1. The van der Waals surface area contributed by atoms with E-state index in [1.54, 1.807) is 11.9 Å². The normalized spacial score (nSPS) is 14.6. The minimum absolute atomic E-state index is 0.0000908. The molecule has 8 heteroatoms. The van der Waals surface area contributed by atoms with Crippen LogP contribution in [0, 0.1) is 0 Å². The molecule has 29 heavy (non-hydrogen) atoms. The van der Waals surface area contributed by atoms with Crippen molar-refractivity contribution in [3.8, 4) is 0 Å². The van der Waals surface area contributed by atoms with E-state index >= 15 is 0 Å². The summed E-state index contributed by atoms with van der Waals surface area (Å²) >= 11 is 8.81. The van der Waals surface area contributed by atoms with Crippen LogP contribution in [0.1, 0.15) is 36.6 Å². The monoisotopic (exact) mass is 447 g/mol. The van der Waals surface area contributed by atoms with Gasteiger partial charge in [0.05, 0.1) is 27.5 Å². The van der Waals surface area contributed by atoms with Gasteiger partial charge in [0.1, 0.15) is 0 Å². The molecule has 1 aliphatic rings. The second-order valence-electron chi connectivity index (χ2n) is 7.27. The molecule has 0 saturated heterocycles. The first-order valence-corrected chi connectivity index (χ1v) is 11.8. The maximum atomic E-state index is 13.2. The van der Waals surface area contributed by atoms with Gasteiger partial charge < -0.3 is 4.90 Å². The fourth-order valence-electron chi connectivity index (χ4n) is 3.71. The molecular weight excluding hydrogens is 426 g/mol. The van der Waals surface area contributed by atoms with Gasteiger partial charge in [-0.25, -0.2) is 4.98 Å². The number of fused-ring (bicyclic) bond motifs is 1. The fraction of sp³-hybridized carbons (Fsp3) is 0.381. The van der Waals surface area contributed by atoms with Crippen molar-refractivity contribution in [3.63, 3.8) is 0 Å². The van der Waals surface area contributed by atoms with Gasteiger partial charge in [-0.15, -0.1) is 11.3 Å². The first-order valence-electron chi connectivity index (χ1n) is 9.65. The minimum atomic E-state index is -0.000897. The summed E-state index contributed by atoms with van der Waals surface area (Å²) in [5.41, 5.74) is 0.683. The SMILES string of the molecule is CN(Cc1ccc(Cl)s1)C(=O)CSc1nc2ccccc2c(=O)n1C1CCCC1. The number of carbonyl (C=O) groups excluding carboxylic acids is 1. The van der Waals surface area contributed by atoms with Crippen LogP contribution in [-0.2, 0) is 11.3 Å². The second kappa shape index (κ2) is 8.90. The Labute approximate surface area is 182 Å². The highest BCUT2D eigenvalue weighted by molar-refractivity contribution is 7.99. The van der Waals surface area contributed by atoms with Crippen LogP contribution in [-0.4, -0.2) is 33.2 Å². The van der Waals surface area contributed by atoms with Crippen LogP contribution in [0.15, 0.2) is 46.3 Å². The molecule has 152 valence electrons. The summed E-state index contributed by atoms with van der Waals surface area (Å²) in [4.78, 5) is 33.3. The van der Waals surface area contributed by atoms with Gasteiger partial charge >= 0.3 is 0 Å². The molecule has 2 heterocycles. The highest BCUT2D eigenvalue weighted by Gasteiger charge is 2.23. The third kappa shape index (κ3) is 4.52. The van der Waals surface area contributed by atoms with E-state index in [0.29, 0.717) is 22.6 Å². The van der Waals surface area contributed by atoms with Gasteiger partial charge in [0, 0.05) is 18.0 Å². The standard InChI is InChI=1S/C21H22ClN3O2S2/c1-24(12-15-10-11-18(22)29-15)19(26)13-28-21-23-17-9-5-4-8-16(17)20(27)25(21)14-6-2-3-7-14/h4-5,8-11,14H,2-3,6-7,12-13H2,1H3. The summed E-state index contributed by atoms with van der Waals surface area (Å²) in [6, 6.07) is 11.4. The van der Waals surface area contributed by atoms with Crippen molar-refractivity contribution < 1.29 is 4.79 Å². The molecule has 1 saturated carbocycles. The van der Waals surface area contributed by atoms with Gasteiger partial charge in [0.15, 0.2) is 5.16 Å². The fourth-order valence-corrected chi connectivity index (χ4v) is 5.86. The number of rotatable bonds is 6. The number of nitrogens with zero attached hydrogens (tertiary/aromatic N) is 3. The third-order valence-electron chi connectivity index (χ3n) is 5.24. The van der Waals surface area contributed by atoms with E-state index in [9.17, 15) is 9.59 Å². The lowest BCUT2D eigenvalue weighted by molar-refractivity contribution is -0.127. The number of thiophene rings is 1. The molecule has 0 radical (unpaired) electrons. The van der Waals surface area contributed by atoms with Gasteiger partial charge in [0.25, 0.3) is 5.56 Å². The zero-order valence-corrected chi connectivity index (χ0v) is 18.5. The number of benzene rings is 1. The van der Waals surface area contributed by atoms with E-state index in [1.165, 1.54) is 23.1 Å². The van der Waals surface area contributed by atoms with Crippen LogP contribution in [0.4, 0.5) is 0 Å². The lowest BCUT2D eigenvalue weighted by Crippen LogP contribution is -2.29. The summed E-state index contributed by atoms with van der Waals surface area (Å²) in [6.45, 7) is 0.525. The number of carbonyl (C=O) groups is 1. The first kappa shape index (κ1) is 20.4. The summed E-state index contributed by atoms with van der Waals surface area (Å²) in [5, 5.41) is 1.28. The maximum Gasteiger partial charge on any atom is 0.262 e. The van der Waals surface area contributed by atoms with Crippen molar-refractivity contribution in [1.82, 2.24) is 14.5 Å². The molecule has 1 aliphatic carbocycles. The molecule has 1 fully saturated rings. The molecule has 4 rings (SSSR count). The predicted molar refractivity (Wildman–Crippen MR) is 120 cm³/mol. The van der Waals surface area contributed by atoms with Gasteiger partial charge in [-0.2, -0.15) is 0 Å². The van der Waals surface area contributed by atoms with Crippen LogP contribution >= 0.6 is 34.7 Å². The van der Waals surface area contributed by atoms with Crippen molar-refractivity contribution >= 4 is 51.5 Å². The molecule has 0 spiro atoms. The molecule has 0 unspecified atom stereocenters.